The lowest BCUT2D eigenvalue weighted by Crippen LogP contribution is -1.97. The Balaban J connectivity index is 1.55. The van der Waals surface area contributed by atoms with Crippen molar-refractivity contribution in [3.05, 3.63) is 101 Å². The molecule has 7 heteroatoms. The number of ether oxygens (including phenoxy) is 1. The Labute approximate surface area is 172 Å². The summed E-state index contributed by atoms with van der Waals surface area (Å²) in [7, 11) is 0. The van der Waals surface area contributed by atoms with Crippen molar-refractivity contribution in [1.82, 2.24) is 9.97 Å². The molecule has 0 saturated carbocycles. The third kappa shape index (κ3) is 4.10. The highest BCUT2D eigenvalue weighted by atomic mass is 16.6. The van der Waals surface area contributed by atoms with Crippen LogP contribution in [0.5, 0.6) is 11.5 Å². The van der Waals surface area contributed by atoms with E-state index in [0.717, 1.165) is 16.7 Å². The van der Waals surface area contributed by atoms with Crippen molar-refractivity contribution in [2.45, 2.75) is 6.61 Å². The van der Waals surface area contributed by atoms with Crippen molar-refractivity contribution in [1.29, 1.82) is 0 Å². The van der Waals surface area contributed by atoms with Crippen LogP contribution >= 0.6 is 0 Å². The lowest BCUT2D eigenvalue weighted by atomic mass is 10.0. The Morgan fingerprint density at radius 2 is 1.73 bits per heavy atom. The van der Waals surface area contributed by atoms with Gasteiger partial charge in [-0.15, -0.1) is 0 Å². The van der Waals surface area contributed by atoms with E-state index in [-0.39, 0.29) is 18.0 Å². The molecular weight excluding hydrogens is 382 g/mol. The fourth-order valence-corrected chi connectivity index (χ4v) is 3.06. The van der Waals surface area contributed by atoms with Gasteiger partial charge in [-0.1, -0.05) is 30.3 Å². The number of hydrogen-bond donors (Lipinski definition) is 1. The minimum atomic E-state index is -0.446. The number of hydrogen-bond acceptors (Lipinski definition) is 6. The first-order valence-corrected chi connectivity index (χ1v) is 9.17. The van der Waals surface area contributed by atoms with E-state index in [0.29, 0.717) is 17.0 Å². The summed E-state index contributed by atoms with van der Waals surface area (Å²) < 4.78 is 5.72. The number of aromatic nitrogens is 2. The predicted octanol–water partition coefficient (Wildman–Crippen LogP) is 5.00. The van der Waals surface area contributed by atoms with Gasteiger partial charge in [-0.05, 0) is 35.4 Å². The Bertz CT molecular complexity index is 1180. The molecule has 0 aliphatic rings. The number of non-ortho nitro benzene ring substituents is 1. The van der Waals surface area contributed by atoms with Crippen molar-refractivity contribution in [3.8, 4) is 33.9 Å². The van der Waals surface area contributed by atoms with E-state index in [1.54, 1.807) is 30.5 Å². The molecule has 4 rings (SSSR count). The number of phenols is 1. The molecule has 0 atom stereocenters. The first kappa shape index (κ1) is 19.1. The van der Waals surface area contributed by atoms with Gasteiger partial charge in [-0.25, -0.2) is 9.97 Å². The molecule has 1 aromatic heterocycles. The minimum Gasteiger partial charge on any atom is -0.507 e. The van der Waals surface area contributed by atoms with Gasteiger partial charge < -0.3 is 9.84 Å². The van der Waals surface area contributed by atoms with Crippen molar-refractivity contribution < 1.29 is 14.8 Å². The Morgan fingerprint density at radius 3 is 2.43 bits per heavy atom. The van der Waals surface area contributed by atoms with E-state index in [2.05, 4.69) is 9.97 Å². The van der Waals surface area contributed by atoms with E-state index in [9.17, 15) is 15.2 Å². The second-order valence-corrected chi connectivity index (χ2v) is 6.54. The largest absolute Gasteiger partial charge is 0.507 e. The normalized spacial score (nSPS) is 10.5. The van der Waals surface area contributed by atoms with Gasteiger partial charge >= 0.3 is 0 Å². The molecule has 0 radical (unpaired) electrons. The van der Waals surface area contributed by atoms with Gasteiger partial charge in [0, 0.05) is 35.5 Å². The number of nitro groups is 1. The summed E-state index contributed by atoms with van der Waals surface area (Å²) in [6.07, 6.45) is 3.16. The molecule has 30 heavy (non-hydrogen) atoms. The molecular formula is C23H17N3O4. The van der Waals surface area contributed by atoms with Gasteiger partial charge in [0.25, 0.3) is 5.69 Å². The maximum Gasteiger partial charge on any atom is 0.269 e. The predicted molar refractivity (Wildman–Crippen MR) is 112 cm³/mol. The lowest BCUT2D eigenvalue weighted by Gasteiger charge is -2.12. The van der Waals surface area contributed by atoms with Crippen LogP contribution in [0.4, 0.5) is 5.69 Å². The van der Waals surface area contributed by atoms with Gasteiger partial charge in [-0.3, -0.25) is 10.1 Å². The number of benzene rings is 3. The first-order chi connectivity index (χ1) is 14.6. The number of aromatic hydroxyl groups is 1. The zero-order chi connectivity index (χ0) is 20.9. The molecule has 0 unspecified atom stereocenters. The highest BCUT2D eigenvalue weighted by molar-refractivity contribution is 5.82. The smallest absolute Gasteiger partial charge is 0.269 e. The number of phenolic OH excluding ortho intramolecular Hbond substituents is 1. The Hall–Kier alpha value is -4.26. The average Bonchev–Trinajstić information content (AvgIpc) is 2.79. The van der Waals surface area contributed by atoms with Gasteiger partial charge in [0.2, 0.25) is 0 Å². The second-order valence-electron chi connectivity index (χ2n) is 6.54. The molecule has 0 fully saturated rings. The molecule has 0 bridgehead atoms. The average molecular weight is 399 g/mol. The van der Waals surface area contributed by atoms with Crippen LogP contribution in [0, 0.1) is 10.1 Å². The van der Waals surface area contributed by atoms with Crippen molar-refractivity contribution in [2.24, 2.45) is 0 Å². The monoisotopic (exact) mass is 399 g/mol. The van der Waals surface area contributed by atoms with Crippen LogP contribution in [0.15, 0.2) is 85.3 Å². The minimum absolute atomic E-state index is 0.0276. The van der Waals surface area contributed by atoms with E-state index >= 15 is 0 Å². The summed E-state index contributed by atoms with van der Waals surface area (Å²) in [6, 6.07) is 20.9. The van der Waals surface area contributed by atoms with Gasteiger partial charge in [0.1, 0.15) is 24.4 Å². The second kappa shape index (κ2) is 8.40. The third-order valence-corrected chi connectivity index (χ3v) is 4.57. The first-order valence-electron chi connectivity index (χ1n) is 9.17. The number of nitro benzene ring substituents is 1. The fourth-order valence-electron chi connectivity index (χ4n) is 3.06. The molecule has 3 aromatic carbocycles. The Kier molecular flexibility index (Phi) is 5.34. The van der Waals surface area contributed by atoms with Crippen LogP contribution < -0.4 is 4.74 Å². The van der Waals surface area contributed by atoms with Crippen LogP contribution in [0.3, 0.4) is 0 Å². The summed E-state index contributed by atoms with van der Waals surface area (Å²) in [5.41, 5.74) is 3.76. The van der Waals surface area contributed by atoms with Crippen LogP contribution in [-0.4, -0.2) is 20.0 Å². The van der Waals surface area contributed by atoms with Crippen molar-refractivity contribution in [3.63, 3.8) is 0 Å². The van der Waals surface area contributed by atoms with Crippen LogP contribution in [0.1, 0.15) is 5.56 Å². The van der Waals surface area contributed by atoms with E-state index in [1.807, 2.05) is 30.3 Å². The zero-order valence-corrected chi connectivity index (χ0v) is 15.8. The zero-order valence-electron chi connectivity index (χ0n) is 15.8. The summed E-state index contributed by atoms with van der Waals surface area (Å²) in [4.78, 5) is 18.8. The quantitative estimate of drug-likeness (QED) is 0.362. The molecule has 7 nitrogen and oxygen atoms in total. The summed E-state index contributed by atoms with van der Waals surface area (Å²) >= 11 is 0. The molecule has 4 aromatic rings. The molecule has 0 spiro atoms. The molecule has 1 heterocycles. The van der Waals surface area contributed by atoms with Gasteiger partial charge in [0.05, 0.1) is 10.6 Å². The number of nitrogens with zero attached hydrogens (tertiary/aromatic N) is 3. The molecule has 0 saturated heterocycles. The van der Waals surface area contributed by atoms with Gasteiger partial charge in [-0.2, -0.15) is 0 Å². The molecule has 0 aliphatic carbocycles. The maximum atomic E-state index is 10.7. The van der Waals surface area contributed by atoms with Crippen molar-refractivity contribution >= 4 is 5.69 Å². The molecule has 0 aliphatic heterocycles. The summed E-state index contributed by atoms with van der Waals surface area (Å²) in [6.45, 7) is 0.222. The molecule has 148 valence electrons. The van der Waals surface area contributed by atoms with Crippen LogP contribution in [0.2, 0.25) is 0 Å². The van der Waals surface area contributed by atoms with E-state index in [4.69, 9.17) is 4.74 Å². The van der Waals surface area contributed by atoms with E-state index < -0.39 is 4.92 Å². The standard InChI is InChI=1S/C23H17N3O4/c27-22-12-19(30-14-16-6-8-18(9-7-16)26(28)29)10-11-20(22)23-21(13-24-15-25-23)17-4-2-1-3-5-17/h1-13,15,27H,14H2. The SMILES string of the molecule is O=[N+]([O-])c1ccc(COc2ccc(-c3ncncc3-c3ccccc3)c(O)c2)cc1. The maximum absolute atomic E-state index is 10.7. The Morgan fingerprint density at radius 1 is 0.967 bits per heavy atom. The highest BCUT2D eigenvalue weighted by Gasteiger charge is 2.14. The van der Waals surface area contributed by atoms with Gasteiger partial charge in [0.15, 0.2) is 0 Å². The highest BCUT2D eigenvalue weighted by Crippen LogP contribution is 2.36. The fraction of sp³-hybridized carbons (Fsp3) is 0.0435. The summed E-state index contributed by atoms with van der Waals surface area (Å²) in [5.74, 6) is 0.511. The number of rotatable bonds is 6. The van der Waals surface area contributed by atoms with Crippen molar-refractivity contribution in [2.75, 3.05) is 0 Å². The molecule has 1 N–H and O–H groups in total. The topological polar surface area (TPSA) is 98.4 Å². The van der Waals surface area contributed by atoms with Crippen LogP contribution in [-0.2, 0) is 6.61 Å². The lowest BCUT2D eigenvalue weighted by molar-refractivity contribution is -0.384. The van der Waals surface area contributed by atoms with Crippen LogP contribution in [0.25, 0.3) is 22.4 Å². The summed E-state index contributed by atoms with van der Waals surface area (Å²) in [5, 5.41) is 21.3. The molecule has 0 amide bonds. The third-order valence-electron chi connectivity index (χ3n) is 4.57. The van der Waals surface area contributed by atoms with E-state index in [1.165, 1.54) is 24.5 Å².